The number of hydrogen-bond donors (Lipinski definition) is 2. The molecule has 1 saturated heterocycles. The van der Waals surface area contributed by atoms with Crippen molar-refractivity contribution in [1.29, 1.82) is 0 Å². The van der Waals surface area contributed by atoms with E-state index in [4.69, 9.17) is 15.6 Å². The lowest BCUT2D eigenvalue weighted by Crippen LogP contribution is -2.33. The summed E-state index contributed by atoms with van der Waals surface area (Å²) in [6.45, 7) is 4.64. The first-order valence-electron chi connectivity index (χ1n) is 6.69. The second kappa shape index (κ2) is 7.65. The molecule has 0 saturated carbocycles. The highest BCUT2D eigenvalue weighted by Crippen LogP contribution is 2.17. The van der Waals surface area contributed by atoms with Gasteiger partial charge in [-0.15, -0.1) is 0 Å². The highest BCUT2D eigenvalue weighted by Gasteiger charge is 2.22. The van der Waals surface area contributed by atoms with Crippen LogP contribution in [0.4, 0.5) is 0 Å². The van der Waals surface area contributed by atoms with Crippen LogP contribution in [0.1, 0.15) is 36.9 Å². The third-order valence-electron chi connectivity index (χ3n) is 3.06. The summed E-state index contributed by atoms with van der Waals surface area (Å²) in [6, 6.07) is 8.11. The quantitative estimate of drug-likeness (QED) is 0.881. The molecule has 1 aliphatic rings. The molecule has 0 aliphatic carbocycles. The van der Waals surface area contributed by atoms with Crippen LogP contribution in [-0.2, 0) is 9.59 Å². The van der Waals surface area contributed by atoms with Crippen LogP contribution in [0.5, 0.6) is 0 Å². The molecule has 1 heterocycles. The normalized spacial score (nSPS) is 15.6. The van der Waals surface area contributed by atoms with Crippen molar-refractivity contribution in [2.45, 2.75) is 32.7 Å². The molecule has 1 unspecified atom stereocenters. The predicted molar refractivity (Wildman–Crippen MR) is 77.2 cm³/mol. The van der Waals surface area contributed by atoms with Gasteiger partial charge < -0.3 is 15.7 Å². The van der Waals surface area contributed by atoms with E-state index < -0.39 is 5.97 Å². The first-order chi connectivity index (χ1) is 9.40. The number of aryl methyl sites for hydroxylation is 1. The number of carboxylic acids is 1. The number of carbonyl (C=O) groups excluding carboxylic acids is 1. The van der Waals surface area contributed by atoms with Crippen molar-refractivity contribution in [3.63, 3.8) is 0 Å². The second-order valence-electron chi connectivity index (χ2n) is 4.98. The van der Waals surface area contributed by atoms with Crippen LogP contribution < -0.4 is 5.73 Å². The maximum atomic E-state index is 11.5. The Kier molecular flexibility index (Phi) is 6.18. The minimum Gasteiger partial charge on any atom is -0.481 e. The van der Waals surface area contributed by atoms with E-state index in [9.17, 15) is 4.79 Å². The monoisotopic (exact) mass is 278 g/mol. The number of carboxylic acid groups (broad SMARTS) is 1. The van der Waals surface area contributed by atoms with Gasteiger partial charge in [-0.25, -0.2) is 0 Å². The number of hydrogen-bond acceptors (Lipinski definition) is 3. The van der Waals surface area contributed by atoms with Crippen LogP contribution in [0.25, 0.3) is 0 Å². The predicted octanol–water partition coefficient (Wildman–Crippen LogP) is 1.71. The van der Waals surface area contributed by atoms with Crippen molar-refractivity contribution in [2.24, 2.45) is 5.73 Å². The molecule has 0 spiro atoms. The average Bonchev–Trinajstić information content (AvgIpc) is 2.74. The zero-order valence-electron chi connectivity index (χ0n) is 12.0. The fourth-order valence-electron chi connectivity index (χ4n) is 2.14. The van der Waals surface area contributed by atoms with Gasteiger partial charge >= 0.3 is 0 Å². The lowest BCUT2D eigenvalue weighted by molar-refractivity contribution is -0.134. The third-order valence-corrected chi connectivity index (χ3v) is 3.06. The minimum absolute atomic E-state index is 0.0676. The third kappa shape index (κ3) is 5.40. The molecule has 2 rings (SSSR count). The SMILES string of the molecule is CC(=O)O.Cc1cccc(C(N)CN2CCCC2=O)c1. The van der Waals surface area contributed by atoms with Gasteiger partial charge in [0.05, 0.1) is 0 Å². The van der Waals surface area contributed by atoms with E-state index in [2.05, 4.69) is 19.1 Å². The summed E-state index contributed by atoms with van der Waals surface area (Å²) in [5.41, 5.74) is 8.43. The van der Waals surface area contributed by atoms with Crippen molar-refractivity contribution in [1.82, 2.24) is 4.90 Å². The average molecular weight is 278 g/mol. The lowest BCUT2D eigenvalue weighted by Gasteiger charge is -2.21. The molecule has 0 aromatic heterocycles. The summed E-state index contributed by atoms with van der Waals surface area (Å²) in [4.78, 5) is 22.3. The summed E-state index contributed by atoms with van der Waals surface area (Å²) in [7, 11) is 0. The number of rotatable bonds is 3. The molecule has 5 nitrogen and oxygen atoms in total. The molecular weight excluding hydrogens is 256 g/mol. The summed E-state index contributed by atoms with van der Waals surface area (Å²) in [6.07, 6.45) is 1.65. The van der Waals surface area contributed by atoms with Gasteiger partial charge in [0.1, 0.15) is 0 Å². The zero-order valence-corrected chi connectivity index (χ0v) is 12.0. The van der Waals surface area contributed by atoms with Crippen molar-refractivity contribution in [2.75, 3.05) is 13.1 Å². The zero-order chi connectivity index (χ0) is 15.1. The Labute approximate surface area is 119 Å². The molecule has 1 aromatic rings. The fraction of sp³-hybridized carbons (Fsp3) is 0.467. The largest absolute Gasteiger partial charge is 0.481 e. The molecule has 20 heavy (non-hydrogen) atoms. The number of nitrogens with two attached hydrogens (primary N) is 1. The van der Waals surface area contributed by atoms with Gasteiger partial charge in [0.2, 0.25) is 5.91 Å². The van der Waals surface area contributed by atoms with Gasteiger partial charge in [-0.3, -0.25) is 9.59 Å². The lowest BCUT2D eigenvalue weighted by atomic mass is 10.0. The van der Waals surface area contributed by atoms with Crippen LogP contribution in [0, 0.1) is 6.92 Å². The Morgan fingerprint density at radius 3 is 2.65 bits per heavy atom. The van der Waals surface area contributed by atoms with Crippen molar-refractivity contribution < 1.29 is 14.7 Å². The Balaban J connectivity index is 0.000000444. The first kappa shape index (κ1) is 16.2. The molecule has 5 heteroatoms. The van der Waals surface area contributed by atoms with Gasteiger partial charge in [-0.2, -0.15) is 0 Å². The number of amides is 1. The van der Waals surface area contributed by atoms with Crippen LogP contribution in [-0.4, -0.2) is 35.0 Å². The molecular formula is C15H22N2O3. The molecule has 3 N–H and O–H groups in total. The Morgan fingerprint density at radius 1 is 1.50 bits per heavy atom. The highest BCUT2D eigenvalue weighted by atomic mass is 16.4. The summed E-state index contributed by atoms with van der Waals surface area (Å²) in [5, 5.41) is 7.42. The topological polar surface area (TPSA) is 83.6 Å². The van der Waals surface area contributed by atoms with Crippen molar-refractivity contribution in [3.8, 4) is 0 Å². The number of aliphatic carboxylic acids is 1. The number of benzene rings is 1. The second-order valence-corrected chi connectivity index (χ2v) is 4.98. The Bertz CT molecular complexity index is 470. The van der Waals surface area contributed by atoms with Crippen molar-refractivity contribution in [3.05, 3.63) is 35.4 Å². The van der Waals surface area contributed by atoms with Crippen molar-refractivity contribution >= 4 is 11.9 Å². The highest BCUT2D eigenvalue weighted by molar-refractivity contribution is 5.78. The van der Waals surface area contributed by atoms with E-state index >= 15 is 0 Å². The summed E-state index contributed by atoms with van der Waals surface area (Å²) >= 11 is 0. The fourth-order valence-corrected chi connectivity index (χ4v) is 2.14. The van der Waals surface area contributed by atoms with Gasteiger partial charge in [0.15, 0.2) is 0 Å². The van der Waals surface area contributed by atoms with Crippen LogP contribution in [0.3, 0.4) is 0 Å². The molecule has 0 bridgehead atoms. The van der Waals surface area contributed by atoms with Crippen LogP contribution >= 0.6 is 0 Å². The molecule has 1 fully saturated rings. The van der Waals surface area contributed by atoms with E-state index in [0.717, 1.165) is 25.5 Å². The van der Waals surface area contributed by atoms with E-state index in [-0.39, 0.29) is 11.9 Å². The molecule has 1 atom stereocenters. The smallest absolute Gasteiger partial charge is 0.300 e. The number of likely N-dealkylation sites (tertiary alicyclic amines) is 1. The van der Waals surface area contributed by atoms with Crippen LogP contribution in [0.2, 0.25) is 0 Å². The standard InChI is InChI=1S/C13H18N2O.C2H4O2/c1-10-4-2-5-11(8-10)12(14)9-15-7-3-6-13(15)16;1-2(3)4/h2,4-5,8,12H,3,6-7,9,14H2,1H3;1H3,(H,3,4). The van der Waals surface area contributed by atoms with Gasteiger partial charge in [0, 0.05) is 32.5 Å². The maximum Gasteiger partial charge on any atom is 0.300 e. The Hall–Kier alpha value is -1.88. The van der Waals surface area contributed by atoms with Gasteiger partial charge in [0.25, 0.3) is 5.97 Å². The van der Waals surface area contributed by atoms with E-state index in [1.54, 1.807) is 0 Å². The Morgan fingerprint density at radius 2 is 2.15 bits per heavy atom. The molecule has 0 radical (unpaired) electrons. The van der Waals surface area contributed by atoms with E-state index in [1.165, 1.54) is 5.56 Å². The number of nitrogens with zero attached hydrogens (tertiary/aromatic N) is 1. The molecule has 1 amide bonds. The number of carbonyl (C=O) groups is 2. The van der Waals surface area contributed by atoms with E-state index in [1.807, 2.05) is 17.0 Å². The molecule has 1 aromatic carbocycles. The summed E-state index contributed by atoms with van der Waals surface area (Å²) in [5.74, 6) is -0.594. The molecule has 110 valence electrons. The van der Waals surface area contributed by atoms with E-state index in [0.29, 0.717) is 13.0 Å². The first-order valence-corrected chi connectivity index (χ1v) is 6.69. The minimum atomic E-state index is -0.833. The van der Waals surface area contributed by atoms with Gasteiger partial charge in [-0.1, -0.05) is 29.8 Å². The molecule has 1 aliphatic heterocycles. The maximum absolute atomic E-state index is 11.5. The summed E-state index contributed by atoms with van der Waals surface area (Å²) < 4.78 is 0. The van der Waals surface area contributed by atoms with Gasteiger partial charge in [-0.05, 0) is 18.9 Å². The van der Waals surface area contributed by atoms with Crippen LogP contribution in [0.15, 0.2) is 24.3 Å².